The zero-order valence-corrected chi connectivity index (χ0v) is 9.82. The quantitative estimate of drug-likeness (QED) is 0.773. The van der Waals surface area contributed by atoms with Gasteiger partial charge < -0.3 is 0 Å². The fourth-order valence-electron chi connectivity index (χ4n) is 2.21. The molecule has 1 aromatic heterocycles. The molecular formula is C12H15N5. The minimum atomic E-state index is 0.464. The number of benzene rings is 1. The lowest BCUT2D eigenvalue weighted by atomic mass is 10.1. The first-order chi connectivity index (χ1) is 8.33. The van der Waals surface area contributed by atoms with Gasteiger partial charge in [-0.25, -0.2) is 4.68 Å². The Kier molecular flexibility index (Phi) is 2.60. The third-order valence-corrected chi connectivity index (χ3v) is 3.24. The Balaban J connectivity index is 1.77. The molecule has 1 aromatic carbocycles. The van der Waals surface area contributed by atoms with Crippen LogP contribution in [0.4, 0.5) is 0 Å². The summed E-state index contributed by atoms with van der Waals surface area (Å²) in [4.78, 5) is 2.40. The van der Waals surface area contributed by atoms with Crippen LogP contribution in [0.5, 0.6) is 0 Å². The van der Waals surface area contributed by atoms with Crippen LogP contribution in [-0.2, 0) is 19.6 Å². The van der Waals surface area contributed by atoms with Crippen LogP contribution in [0.15, 0.2) is 30.3 Å². The molecule has 0 saturated carbocycles. The summed E-state index contributed by atoms with van der Waals surface area (Å²) in [6.07, 6.45) is 0. The number of aromatic nitrogens is 4. The molecular weight excluding hydrogens is 214 g/mol. The van der Waals surface area contributed by atoms with E-state index in [9.17, 15) is 0 Å². The number of tetrazole rings is 1. The van der Waals surface area contributed by atoms with Crippen LogP contribution in [0.2, 0.25) is 0 Å². The molecule has 2 aromatic rings. The van der Waals surface area contributed by atoms with E-state index in [1.807, 2.05) is 10.7 Å². The van der Waals surface area contributed by atoms with Gasteiger partial charge >= 0.3 is 0 Å². The van der Waals surface area contributed by atoms with E-state index < -0.39 is 0 Å². The van der Waals surface area contributed by atoms with E-state index in [1.165, 1.54) is 5.56 Å². The fourth-order valence-corrected chi connectivity index (χ4v) is 2.21. The van der Waals surface area contributed by atoms with Crippen molar-refractivity contribution >= 4 is 0 Å². The second kappa shape index (κ2) is 4.25. The molecule has 0 radical (unpaired) electrons. The Morgan fingerprint density at radius 1 is 1.29 bits per heavy atom. The lowest BCUT2D eigenvalue weighted by Crippen LogP contribution is -2.41. The smallest absolute Gasteiger partial charge is 0.165 e. The molecule has 1 aliphatic heterocycles. The van der Waals surface area contributed by atoms with Crippen LogP contribution in [0.3, 0.4) is 0 Å². The van der Waals surface area contributed by atoms with Crippen LogP contribution in [0, 0.1) is 0 Å². The predicted octanol–water partition coefficient (Wildman–Crippen LogP) is 1.08. The van der Waals surface area contributed by atoms with Gasteiger partial charge in [-0.05, 0) is 22.9 Å². The minimum Gasteiger partial charge on any atom is -0.287 e. The van der Waals surface area contributed by atoms with Gasteiger partial charge in [-0.2, -0.15) is 0 Å². The largest absolute Gasteiger partial charge is 0.287 e. The molecule has 3 rings (SSSR count). The Morgan fingerprint density at radius 2 is 2.12 bits per heavy atom. The van der Waals surface area contributed by atoms with Crippen molar-refractivity contribution in [3.8, 4) is 0 Å². The van der Waals surface area contributed by atoms with Crippen molar-refractivity contribution in [2.45, 2.75) is 32.6 Å². The molecule has 5 nitrogen and oxygen atoms in total. The Labute approximate surface area is 100 Å². The van der Waals surface area contributed by atoms with Gasteiger partial charge in [-0.15, -0.1) is 5.10 Å². The van der Waals surface area contributed by atoms with E-state index in [1.54, 1.807) is 0 Å². The molecule has 0 fully saturated rings. The Hall–Kier alpha value is -1.75. The van der Waals surface area contributed by atoms with Crippen LogP contribution >= 0.6 is 0 Å². The number of hydrogen-bond donors (Lipinski definition) is 0. The highest BCUT2D eigenvalue weighted by atomic mass is 15.6. The summed E-state index contributed by atoms with van der Waals surface area (Å²) in [7, 11) is 0. The predicted molar refractivity (Wildman–Crippen MR) is 63.0 cm³/mol. The van der Waals surface area contributed by atoms with Crippen molar-refractivity contribution in [1.82, 2.24) is 25.1 Å². The number of hydrogen-bond acceptors (Lipinski definition) is 4. The maximum Gasteiger partial charge on any atom is 0.165 e. The van der Waals surface area contributed by atoms with Crippen molar-refractivity contribution in [2.24, 2.45) is 0 Å². The van der Waals surface area contributed by atoms with E-state index in [-0.39, 0.29) is 0 Å². The third-order valence-electron chi connectivity index (χ3n) is 3.24. The fraction of sp³-hybridized carbons (Fsp3) is 0.417. The lowest BCUT2D eigenvalue weighted by molar-refractivity contribution is 0.134. The van der Waals surface area contributed by atoms with Crippen molar-refractivity contribution in [1.29, 1.82) is 0 Å². The lowest BCUT2D eigenvalue weighted by Gasteiger charge is -2.32. The zero-order valence-electron chi connectivity index (χ0n) is 9.82. The molecule has 0 amide bonds. The van der Waals surface area contributed by atoms with Gasteiger partial charge in [0.1, 0.15) is 0 Å². The summed E-state index contributed by atoms with van der Waals surface area (Å²) in [5.74, 6) is 0.957. The molecule has 0 N–H and O–H groups in total. The topological polar surface area (TPSA) is 46.8 Å². The minimum absolute atomic E-state index is 0.464. The third kappa shape index (κ3) is 2.06. The molecule has 1 aliphatic rings. The SMILES string of the molecule is C[C@H]1Cn2nnnc2CN1Cc1ccccc1. The molecule has 5 heteroatoms. The van der Waals surface area contributed by atoms with E-state index >= 15 is 0 Å². The Bertz CT molecular complexity index is 493. The van der Waals surface area contributed by atoms with Crippen molar-refractivity contribution < 1.29 is 0 Å². The number of fused-ring (bicyclic) bond motifs is 1. The number of nitrogens with zero attached hydrogens (tertiary/aromatic N) is 5. The van der Waals surface area contributed by atoms with E-state index in [4.69, 9.17) is 0 Å². The van der Waals surface area contributed by atoms with Gasteiger partial charge in [0.25, 0.3) is 0 Å². The standard InChI is InChI=1S/C12H15N5/c1-10-7-17-12(13-14-15-17)9-16(10)8-11-5-3-2-4-6-11/h2-6,10H,7-9H2,1H3/t10-/m0/s1. The molecule has 0 aliphatic carbocycles. The van der Waals surface area contributed by atoms with E-state index in [0.717, 1.165) is 25.5 Å². The maximum absolute atomic E-state index is 4.04. The van der Waals surface area contributed by atoms with E-state index in [0.29, 0.717) is 6.04 Å². The van der Waals surface area contributed by atoms with Gasteiger partial charge in [0, 0.05) is 12.6 Å². The van der Waals surface area contributed by atoms with Gasteiger partial charge in [0.2, 0.25) is 0 Å². The molecule has 17 heavy (non-hydrogen) atoms. The summed E-state index contributed by atoms with van der Waals surface area (Å²) in [5.41, 5.74) is 1.33. The molecule has 0 bridgehead atoms. The first-order valence-corrected chi connectivity index (χ1v) is 5.86. The summed E-state index contributed by atoms with van der Waals surface area (Å²) in [6, 6.07) is 11.0. The molecule has 88 valence electrons. The van der Waals surface area contributed by atoms with Crippen LogP contribution in [-0.4, -0.2) is 31.1 Å². The first kappa shape index (κ1) is 10.4. The highest BCUT2D eigenvalue weighted by molar-refractivity contribution is 5.14. The average Bonchev–Trinajstić information content (AvgIpc) is 2.78. The van der Waals surface area contributed by atoms with Gasteiger partial charge in [-0.3, -0.25) is 4.90 Å². The Morgan fingerprint density at radius 3 is 2.94 bits per heavy atom. The maximum atomic E-state index is 4.04. The number of rotatable bonds is 2. The molecule has 1 atom stereocenters. The van der Waals surface area contributed by atoms with Crippen LogP contribution in [0.1, 0.15) is 18.3 Å². The summed E-state index contributed by atoms with van der Waals surface area (Å²) >= 11 is 0. The molecule has 2 heterocycles. The summed E-state index contributed by atoms with van der Waals surface area (Å²) in [6.45, 7) is 4.86. The monoisotopic (exact) mass is 229 g/mol. The highest BCUT2D eigenvalue weighted by Gasteiger charge is 2.24. The van der Waals surface area contributed by atoms with Gasteiger partial charge in [0.15, 0.2) is 5.82 Å². The average molecular weight is 229 g/mol. The van der Waals surface area contributed by atoms with E-state index in [2.05, 4.69) is 51.6 Å². The zero-order chi connectivity index (χ0) is 11.7. The van der Waals surface area contributed by atoms with Crippen molar-refractivity contribution in [2.75, 3.05) is 0 Å². The highest BCUT2D eigenvalue weighted by Crippen LogP contribution is 2.17. The summed E-state index contributed by atoms with van der Waals surface area (Å²) in [5, 5.41) is 11.7. The molecule has 0 unspecified atom stereocenters. The van der Waals surface area contributed by atoms with Gasteiger partial charge in [0.05, 0.1) is 13.1 Å². The van der Waals surface area contributed by atoms with Crippen LogP contribution in [0.25, 0.3) is 0 Å². The van der Waals surface area contributed by atoms with Gasteiger partial charge in [-0.1, -0.05) is 30.3 Å². The van der Waals surface area contributed by atoms with Crippen molar-refractivity contribution in [3.05, 3.63) is 41.7 Å². The second-order valence-corrected chi connectivity index (χ2v) is 4.52. The normalized spacial score (nSPS) is 20.2. The first-order valence-electron chi connectivity index (χ1n) is 5.86. The van der Waals surface area contributed by atoms with Crippen LogP contribution < -0.4 is 0 Å². The second-order valence-electron chi connectivity index (χ2n) is 4.52. The molecule has 0 saturated heterocycles. The van der Waals surface area contributed by atoms with Crippen molar-refractivity contribution in [3.63, 3.8) is 0 Å². The summed E-state index contributed by atoms with van der Waals surface area (Å²) < 4.78 is 1.90. The molecule has 0 spiro atoms.